The molecule has 0 N–H and O–H groups in total. The van der Waals surface area contributed by atoms with Crippen LogP contribution in [0.1, 0.15) is 39.2 Å². The Morgan fingerprint density at radius 2 is 1.81 bits per heavy atom. The summed E-state index contributed by atoms with van der Waals surface area (Å²) in [7, 11) is 0. The van der Waals surface area contributed by atoms with Gasteiger partial charge in [-0.1, -0.05) is 20.8 Å². The zero-order valence-electron chi connectivity index (χ0n) is 10.3. The summed E-state index contributed by atoms with van der Waals surface area (Å²) in [6.07, 6.45) is 6.67. The third kappa shape index (κ3) is 1.49. The molecule has 2 saturated heterocycles. The van der Waals surface area contributed by atoms with E-state index in [9.17, 15) is 0 Å². The number of fused-ring (bicyclic) bond motifs is 1. The van der Waals surface area contributed by atoms with Gasteiger partial charge >= 0.3 is 0 Å². The Labute approximate surface area is 96.9 Å². The van der Waals surface area contributed by atoms with Crippen molar-refractivity contribution in [3.8, 4) is 0 Å². The minimum Gasteiger partial charge on any atom is -0.338 e. The molecule has 1 aliphatic carbocycles. The van der Waals surface area contributed by atoms with E-state index in [2.05, 4.69) is 35.6 Å². The van der Waals surface area contributed by atoms with Crippen molar-refractivity contribution in [3.05, 3.63) is 18.0 Å². The number of hydrogen-bond acceptors (Lipinski definition) is 3. The molecule has 3 aliphatic rings. The summed E-state index contributed by atoms with van der Waals surface area (Å²) in [6.45, 7) is 7.74. The van der Waals surface area contributed by atoms with Crippen molar-refractivity contribution in [2.45, 2.75) is 45.1 Å². The maximum Gasteiger partial charge on any atom is 0.225 e. The molecule has 4 rings (SSSR count). The minimum atomic E-state index is 0.144. The predicted molar refractivity (Wildman–Crippen MR) is 64.6 cm³/mol. The topological polar surface area (TPSA) is 29.0 Å². The van der Waals surface area contributed by atoms with Gasteiger partial charge in [0.15, 0.2) is 0 Å². The Kier molecular flexibility index (Phi) is 2.00. The average molecular weight is 217 g/mol. The Hall–Kier alpha value is -1.12. The van der Waals surface area contributed by atoms with E-state index in [-0.39, 0.29) is 5.41 Å². The molecule has 1 aromatic rings. The molecule has 1 saturated carbocycles. The highest BCUT2D eigenvalue weighted by Crippen LogP contribution is 2.41. The average Bonchev–Trinajstić information content (AvgIpc) is 2.74. The van der Waals surface area contributed by atoms with Crippen LogP contribution in [0, 0.1) is 5.92 Å². The van der Waals surface area contributed by atoms with Crippen molar-refractivity contribution in [1.82, 2.24) is 9.97 Å². The summed E-state index contributed by atoms with van der Waals surface area (Å²) in [5, 5.41) is 0. The van der Waals surface area contributed by atoms with Gasteiger partial charge in [-0.15, -0.1) is 0 Å². The van der Waals surface area contributed by atoms with Gasteiger partial charge in [-0.05, 0) is 29.7 Å². The van der Waals surface area contributed by atoms with Crippen LogP contribution in [0.4, 0.5) is 5.95 Å². The maximum absolute atomic E-state index is 4.52. The Bertz CT molecular complexity index is 385. The molecule has 1 aromatic heterocycles. The Balaban J connectivity index is 1.82. The highest BCUT2D eigenvalue weighted by atomic mass is 15.3. The van der Waals surface area contributed by atoms with Gasteiger partial charge in [-0.3, -0.25) is 0 Å². The van der Waals surface area contributed by atoms with Crippen LogP contribution in [0.5, 0.6) is 0 Å². The molecule has 2 aliphatic heterocycles. The number of nitrogens with zero attached hydrogens (tertiary/aromatic N) is 3. The SMILES string of the molecule is CC(C)(C)c1cnc(N2CC3CC2C3)nc1. The third-order valence-electron chi connectivity index (χ3n) is 3.87. The number of aromatic nitrogens is 2. The van der Waals surface area contributed by atoms with Crippen LogP contribution in [-0.4, -0.2) is 22.6 Å². The molecule has 86 valence electrons. The van der Waals surface area contributed by atoms with Crippen molar-refractivity contribution in [1.29, 1.82) is 0 Å². The van der Waals surface area contributed by atoms with Gasteiger partial charge in [0.25, 0.3) is 0 Å². The van der Waals surface area contributed by atoms with E-state index in [0.29, 0.717) is 0 Å². The molecule has 0 amide bonds. The van der Waals surface area contributed by atoms with Crippen LogP contribution in [0.15, 0.2) is 12.4 Å². The first kappa shape index (κ1) is 10.1. The smallest absolute Gasteiger partial charge is 0.225 e. The lowest BCUT2D eigenvalue weighted by Crippen LogP contribution is -2.30. The fourth-order valence-corrected chi connectivity index (χ4v) is 2.63. The summed E-state index contributed by atoms with van der Waals surface area (Å²) >= 11 is 0. The second kappa shape index (κ2) is 3.19. The lowest BCUT2D eigenvalue weighted by atomic mass is 9.86. The summed E-state index contributed by atoms with van der Waals surface area (Å²) in [4.78, 5) is 11.4. The molecule has 0 atom stereocenters. The lowest BCUT2D eigenvalue weighted by molar-refractivity contribution is 0.380. The van der Waals surface area contributed by atoms with Crippen molar-refractivity contribution in [2.24, 2.45) is 5.92 Å². The second-order valence-corrected chi connectivity index (χ2v) is 6.17. The molecule has 3 heterocycles. The molecule has 3 fully saturated rings. The monoisotopic (exact) mass is 217 g/mol. The number of hydrogen-bond donors (Lipinski definition) is 0. The highest BCUT2D eigenvalue weighted by Gasteiger charge is 2.43. The highest BCUT2D eigenvalue weighted by molar-refractivity contribution is 5.38. The van der Waals surface area contributed by atoms with Crippen molar-refractivity contribution in [2.75, 3.05) is 11.4 Å². The second-order valence-electron chi connectivity index (χ2n) is 6.17. The van der Waals surface area contributed by atoms with Crippen LogP contribution < -0.4 is 4.90 Å². The van der Waals surface area contributed by atoms with Crippen molar-refractivity contribution >= 4 is 5.95 Å². The fraction of sp³-hybridized carbons (Fsp3) is 0.692. The molecular formula is C13H19N3. The van der Waals surface area contributed by atoms with Crippen molar-refractivity contribution < 1.29 is 0 Å². The first-order valence-electron chi connectivity index (χ1n) is 6.13. The van der Waals surface area contributed by atoms with Gasteiger partial charge in [0.2, 0.25) is 5.95 Å². The van der Waals surface area contributed by atoms with E-state index < -0.39 is 0 Å². The van der Waals surface area contributed by atoms with E-state index in [1.54, 1.807) is 0 Å². The van der Waals surface area contributed by atoms with Crippen LogP contribution in [0.3, 0.4) is 0 Å². The van der Waals surface area contributed by atoms with Gasteiger partial charge in [-0.2, -0.15) is 0 Å². The zero-order valence-corrected chi connectivity index (χ0v) is 10.3. The van der Waals surface area contributed by atoms with Gasteiger partial charge in [-0.25, -0.2) is 9.97 Å². The molecule has 2 bridgehead atoms. The molecule has 0 radical (unpaired) electrons. The normalized spacial score (nSPS) is 28.1. The first-order valence-corrected chi connectivity index (χ1v) is 6.13. The third-order valence-corrected chi connectivity index (χ3v) is 3.87. The summed E-state index contributed by atoms with van der Waals surface area (Å²) in [6, 6.07) is 0.727. The van der Waals surface area contributed by atoms with E-state index in [1.165, 1.54) is 24.9 Å². The summed E-state index contributed by atoms with van der Waals surface area (Å²) < 4.78 is 0. The van der Waals surface area contributed by atoms with Crippen molar-refractivity contribution in [3.63, 3.8) is 0 Å². The fourth-order valence-electron chi connectivity index (χ4n) is 2.63. The first-order chi connectivity index (χ1) is 7.54. The van der Waals surface area contributed by atoms with Gasteiger partial charge in [0.05, 0.1) is 0 Å². The van der Waals surface area contributed by atoms with E-state index in [0.717, 1.165) is 17.9 Å². The van der Waals surface area contributed by atoms with Gasteiger partial charge in [0, 0.05) is 25.0 Å². The minimum absolute atomic E-state index is 0.144. The van der Waals surface area contributed by atoms with E-state index in [1.807, 2.05) is 12.4 Å². The maximum atomic E-state index is 4.52. The Morgan fingerprint density at radius 1 is 1.19 bits per heavy atom. The quantitative estimate of drug-likeness (QED) is 0.723. The molecule has 3 nitrogen and oxygen atoms in total. The van der Waals surface area contributed by atoms with E-state index >= 15 is 0 Å². The van der Waals surface area contributed by atoms with Crippen LogP contribution >= 0.6 is 0 Å². The summed E-state index contributed by atoms with van der Waals surface area (Å²) in [5.41, 5.74) is 1.36. The molecule has 3 heteroatoms. The Morgan fingerprint density at radius 3 is 2.25 bits per heavy atom. The largest absolute Gasteiger partial charge is 0.338 e. The van der Waals surface area contributed by atoms with Crippen LogP contribution in [-0.2, 0) is 5.41 Å². The van der Waals surface area contributed by atoms with Gasteiger partial charge < -0.3 is 4.90 Å². The number of rotatable bonds is 1. The molecule has 16 heavy (non-hydrogen) atoms. The molecule has 0 spiro atoms. The van der Waals surface area contributed by atoms with Gasteiger partial charge in [0.1, 0.15) is 0 Å². The summed E-state index contributed by atoms with van der Waals surface area (Å²) in [5.74, 6) is 1.84. The van der Waals surface area contributed by atoms with E-state index in [4.69, 9.17) is 0 Å². The lowest BCUT2D eigenvalue weighted by Gasteiger charge is -2.26. The van der Waals surface area contributed by atoms with Crippen LogP contribution in [0.2, 0.25) is 0 Å². The molecule has 0 aromatic carbocycles. The predicted octanol–water partition coefficient (Wildman–Crippen LogP) is 2.37. The standard InChI is InChI=1S/C13H19N3/c1-13(2,3)10-6-14-12(15-7-10)16-8-9-4-11(16)5-9/h6-7,9,11H,4-5,8H2,1-3H3. The number of anilines is 1. The zero-order chi connectivity index (χ0) is 11.3. The molecule has 0 unspecified atom stereocenters. The molecular weight excluding hydrogens is 198 g/mol. The van der Waals surface area contributed by atoms with Crippen LogP contribution in [0.25, 0.3) is 0 Å².